The minimum absolute atomic E-state index is 0.160. The Labute approximate surface area is 95.7 Å². The highest BCUT2D eigenvalue weighted by Gasteiger charge is 2.32. The van der Waals surface area contributed by atoms with E-state index in [1.54, 1.807) is 6.07 Å². The van der Waals surface area contributed by atoms with Crippen LogP contribution >= 0.6 is 0 Å². The van der Waals surface area contributed by atoms with Gasteiger partial charge in [-0.15, -0.1) is 0 Å². The number of aldehydes is 1. The van der Waals surface area contributed by atoms with Crippen molar-refractivity contribution in [3.05, 3.63) is 35.1 Å². The van der Waals surface area contributed by atoms with Crippen molar-refractivity contribution in [3.63, 3.8) is 0 Å². The Balaban J connectivity index is 2.24. The van der Waals surface area contributed by atoms with Gasteiger partial charge in [-0.05, 0) is 48.4 Å². The summed E-state index contributed by atoms with van der Waals surface area (Å²) in [6.45, 7) is 3.97. The van der Waals surface area contributed by atoms with E-state index in [1.165, 1.54) is 11.6 Å². The molecule has 1 atom stereocenters. The van der Waals surface area contributed by atoms with Crippen LogP contribution in [0.3, 0.4) is 0 Å². The van der Waals surface area contributed by atoms with Gasteiger partial charge in [0.1, 0.15) is 12.1 Å². The molecular weight excluding hydrogens is 203 g/mol. The molecule has 0 bridgehead atoms. The second kappa shape index (κ2) is 4.00. The molecule has 1 unspecified atom stereocenters. The van der Waals surface area contributed by atoms with Gasteiger partial charge in [0, 0.05) is 5.41 Å². The normalized spacial score (nSPS) is 20.3. The molecule has 86 valence electrons. The van der Waals surface area contributed by atoms with E-state index >= 15 is 0 Å². The second-order valence-electron chi connectivity index (χ2n) is 5.29. The van der Waals surface area contributed by atoms with Gasteiger partial charge in [0.2, 0.25) is 0 Å². The molecule has 1 nitrogen and oxygen atoms in total. The van der Waals surface area contributed by atoms with E-state index in [0.29, 0.717) is 5.92 Å². The van der Waals surface area contributed by atoms with Gasteiger partial charge in [-0.1, -0.05) is 19.9 Å². The maximum absolute atomic E-state index is 13.0. The Morgan fingerprint density at radius 1 is 1.38 bits per heavy atom. The van der Waals surface area contributed by atoms with E-state index in [0.717, 1.165) is 31.1 Å². The minimum Gasteiger partial charge on any atom is -0.303 e. The zero-order chi connectivity index (χ0) is 11.8. The molecule has 0 aromatic heterocycles. The molecule has 0 saturated carbocycles. The molecular formula is C14H17FO. The Hall–Kier alpha value is -1.18. The molecule has 0 N–H and O–H groups in total. The van der Waals surface area contributed by atoms with Gasteiger partial charge in [0.15, 0.2) is 0 Å². The highest BCUT2D eigenvalue weighted by molar-refractivity contribution is 5.59. The van der Waals surface area contributed by atoms with Crippen LogP contribution in [0.25, 0.3) is 0 Å². The fourth-order valence-corrected chi connectivity index (χ4v) is 2.45. The molecule has 0 saturated heterocycles. The smallest absolute Gasteiger partial charge is 0.125 e. The van der Waals surface area contributed by atoms with Crippen molar-refractivity contribution in [1.82, 2.24) is 0 Å². The monoisotopic (exact) mass is 220 g/mol. The molecule has 0 heterocycles. The number of rotatable bonds is 2. The van der Waals surface area contributed by atoms with E-state index in [9.17, 15) is 9.18 Å². The van der Waals surface area contributed by atoms with Gasteiger partial charge < -0.3 is 4.79 Å². The van der Waals surface area contributed by atoms with Gasteiger partial charge in [-0.2, -0.15) is 0 Å². The quantitative estimate of drug-likeness (QED) is 0.700. The second-order valence-corrected chi connectivity index (χ2v) is 5.29. The molecule has 0 fully saturated rings. The van der Waals surface area contributed by atoms with Crippen LogP contribution in [0, 0.1) is 17.2 Å². The van der Waals surface area contributed by atoms with E-state index < -0.39 is 0 Å². The van der Waals surface area contributed by atoms with Gasteiger partial charge in [0.05, 0.1) is 0 Å². The van der Waals surface area contributed by atoms with Crippen LogP contribution in [0.15, 0.2) is 18.2 Å². The SMILES string of the molecule is CC(C)(C=O)C1CCc2cc(F)ccc2C1. The Kier molecular flexibility index (Phi) is 2.83. The van der Waals surface area contributed by atoms with E-state index in [4.69, 9.17) is 0 Å². The summed E-state index contributed by atoms with van der Waals surface area (Å²) in [5, 5.41) is 0. The first-order chi connectivity index (χ1) is 7.53. The molecule has 16 heavy (non-hydrogen) atoms. The Morgan fingerprint density at radius 2 is 2.12 bits per heavy atom. The predicted molar refractivity (Wildman–Crippen MR) is 61.8 cm³/mol. The topological polar surface area (TPSA) is 17.1 Å². The summed E-state index contributed by atoms with van der Waals surface area (Å²) in [5.74, 6) is 0.217. The zero-order valence-electron chi connectivity index (χ0n) is 9.79. The zero-order valence-corrected chi connectivity index (χ0v) is 9.79. The summed E-state index contributed by atoms with van der Waals surface area (Å²) in [6, 6.07) is 4.99. The van der Waals surface area contributed by atoms with Crippen molar-refractivity contribution in [2.45, 2.75) is 33.1 Å². The summed E-state index contributed by atoms with van der Waals surface area (Å²) in [5.41, 5.74) is 2.04. The lowest BCUT2D eigenvalue weighted by Gasteiger charge is -2.33. The largest absolute Gasteiger partial charge is 0.303 e. The van der Waals surface area contributed by atoms with Gasteiger partial charge in [-0.3, -0.25) is 0 Å². The van der Waals surface area contributed by atoms with Crippen molar-refractivity contribution in [2.24, 2.45) is 11.3 Å². The first kappa shape index (κ1) is 11.3. The molecule has 2 rings (SSSR count). The highest BCUT2D eigenvalue weighted by atomic mass is 19.1. The number of benzene rings is 1. The standard InChI is InChI=1S/C14H17FO/c1-14(2,9-16)12-5-3-11-8-13(15)6-4-10(11)7-12/h4,6,8-9,12H,3,5,7H2,1-2H3. The van der Waals surface area contributed by atoms with Crippen LogP contribution in [0.4, 0.5) is 4.39 Å². The van der Waals surface area contributed by atoms with Crippen molar-refractivity contribution in [2.75, 3.05) is 0 Å². The Morgan fingerprint density at radius 3 is 2.81 bits per heavy atom. The molecule has 1 aliphatic rings. The summed E-state index contributed by atoms with van der Waals surface area (Å²) >= 11 is 0. The molecule has 0 radical (unpaired) electrons. The fourth-order valence-electron chi connectivity index (χ4n) is 2.45. The van der Waals surface area contributed by atoms with Crippen molar-refractivity contribution >= 4 is 6.29 Å². The van der Waals surface area contributed by atoms with Crippen LogP contribution in [0.1, 0.15) is 31.4 Å². The summed E-state index contributed by atoms with van der Waals surface area (Å²) in [7, 11) is 0. The number of carbonyl (C=O) groups excluding carboxylic acids is 1. The van der Waals surface area contributed by atoms with Crippen LogP contribution in [0.5, 0.6) is 0 Å². The third kappa shape index (κ3) is 2.01. The first-order valence-corrected chi connectivity index (χ1v) is 5.76. The molecule has 0 amide bonds. The van der Waals surface area contributed by atoms with Gasteiger partial charge in [-0.25, -0.2) is 4.39 Å². The number of halogens is 1. The number of aryl methyl sites for hydroxylation is 1. The third-order valence-corrected chi connectivity index (χ3v) is 3.75. The van der Waals surface area contributed by atoms with E-state index in [1.807, 2.05) is 19.9 Å². The average molecular weight is 220 g/mol. The number of carbonyl (C=O) groups is 1. The van der Waals surface area contributed by atoms with E-state index in [2.05, 4.69) is 0 Å². The average Bonchev–Trinajstić information content (AvgIpc) is 2.28. The van der Waals surface area contributed by atoms with Crippen LogP contribution in [-0.2, 0) is 17.6 Å². The van der Waals surface area contributed by atoms with Gasteiger partial charge in [0.25, 0.3) is 0 Å². The van der Waals surface area contributed by atoms with Gasteiger partial charge >= 0.3 is 0 Å². The van der Waals surface area contributed by atoms with Crippen LogP contribution in [0.2, 0.25) is 0 Å². The number of fused-ring (bicyclic) bond motifs is 1. The fraction of sp³-hybridized carbons (Fsp3) is 0.500. The van der Waals surface area contributed by atoms with Crippen molar-refractivity contribution < 1.29 is 9.18 Å². The molecule has 0 aliphatic heterocycles. The summed E-state index contributed by atoms with van der Waals surface area (Å²) in [4.78, 5) is 11.0. The maximum atomic E-state index is 13.0. The molecule has 1 aromatic carbocycles. The van der Waals surface area contributed by atoms with E-state index in [-0.39, 0.29) is 11.2 Å². The lowest BCUT2D eigenvalue weighted by molar-refractivity contribution is -0.117. The molecule has 2 heteroatoms. The van der Waals surface area contributed by atoms with Crippen LogP contribution < -0.4 is 0 Å². The lowest BCUT2D eigenvalue weighted by atomic mass is 9.70. The van der Waals surface area contributed by atoms with Crippen molar-refractivity contribution in [1.29, 1.82) is 0 Å². The highest BCUT2D eigenvalue weighted by Crippen LogP contribution is 2.36. The summed E-state index contributed by atoms with van der Waals surface area (Å²) in [6.07, 6.45) is 3.80. The first-order valence-electron chi connectivity index (χ1n) is 5.76. The Bertz CT molecular complexity index is 409. The molecule has 0 spiro atoms. The summed E-state index contributed by atoms with van der Waals surface area (Å²) < 4.78 is 13.0. The molecule has 1 aliphatic carbocycles. The predicted octanol–water partition coefficient (Wildman–Crippen LogP) is 3.16. The number of hydrogen-bond acceptors (Lipinski definition) is 1. The molecule has 1 aromatic rings. The maximum Gasteiger partial charge on any atom is 0.125 e. The minimum atomic E-state index is -0.272. The lowest BCUT2D eigenvalue weighted by Crippen LogP contribution is -2.30. The third-order valence-electron chi connectivity index (χ3n) is 3.75. The number of hydrogen-bond donors (Lipinski definition) is 0. The van der Waals surface area contributed by atoms with Crippen LogP contribution in [-0.4, -0.2) is 6.29 Å². The van der Waals surface area contributed by atoms with Crippen molar-refractivity contribution in [3.8, 4) is 0 Å².